The molecule has 0 aliphatic heterocycles. The summed E-state index contributed by atoms with van der Waals surface area (Å²) in [5.41, 5.74) is -0.694. The van der Waals surface area contributed by atoms with Crippen molar-refractivity contribution in [2.24, 2.45) is 0 Å². The first-order valence-electron chi connectivity index (χ1n) is 5.76. The van der Waals surface area contributed by atoms with E-state index < -0.39 is 29.7 Å². The maximum Gasteiger partial charge on any atom is 0.471 e. The fraction of sp³-hybridized carbons (Fsp3) is 0.231. The van der Waals surface area contributed by atoms with E-state index in [4.69, 9.17) is 9.84 Å². The quantitative estimate of drug-likeness (QED) is 0.815. The predicted molar refractivity (Wildman–Crippen MR) is 67.7 cm³/mol. The zero-order valence-corrected chi connectivity index (χ0v) is 11.1. The van der Waals surface area contributed by atoms with Crippen LogP contribution in [0.15, 0.2) is 30.6 Å². The van der Waals surface area contributed by atoms with E-state index in [9.17, 15) is 27.2 Å². The average Bonchev–Trinajstić information content (AvgIpc) is 2.45. The first kappa shape index (κ1) is 17.5. The van der Waals surface area contributed by atoms with Crippen LogP contribution in [0, 0.1) is 0 Å². The van der Waals surface area contributed by atoms with Crippen LogP contribution in [0.1, 0.15) is 5.56 Å². The van der Waals surface area contributed by atoms with Crippen molar-refractivity contribution in [3.05, 3.63) is 36.2 Å². The summed E-state index contributed by atoms with van der Waals surface area (Å²) in [4.78, 5) is 21.9. The lowest BCUT2D eigenvalue weighted by Crippen LogP contribution is -2.47. The molecule has 0 spiro atoms. The smallest absolute Gasteiger partial charge is 0.471 e. The van der Waals surface area contributed by atoms with Gasteiger partial charge in [0, 0.05) is 5.57 Å². The lowest BCUT2D eigenvalue weighted by Gasteiger charge is -2.18. The van der Waals surface area contributed by atoms with E-state index in [1.54, 1.807) is 0 Å². The number of rotatable bonds is 5. The lowest BCUT2D eigenvalue weighted by molar-refractivity contribution is -0.174. The van der Waals surface area contributed by atoms with Crippen molar-refractivity contribution in [2.75, 3.05) is 7.11 Å². The van der Waals surface area contributed by atoms with E-state index in [0.29, 0.717) is 0 Å². The van der Waals surface area contributed by atoms with Gasteiger partial charge in [-0.2, -0.15) is 13.2 Å². The van der Waals surface area contributed by atoms with Gasteiger partial charge in [-0.15, -0.1) is 0 Å². The highest BCUT2D eigenvalue weighted by Gasteiger charge is 2.41. The van der Waals surface area contributed by atoms with Crippen molar-refractivity contribution in [2.45, 2.75) is 12.2 Å². The minimum atomic E-state index is -5.29. The number of nitrogens with one attached hydrogen (secondary N) is 1. The van der Waals surface area contributed by atoms with Crippen molar-refractivity contribution >= 4 is 17.4 Å². The fourth-order valence-electron chi connectivity index (χ4n) is 1.58. The van der Waals surface area contributed by atoms with E-state index in [-0.39, 0.29) is 17.6 Å². The molecule has 0 bridgehead atoms. The molecule has 0 saturated heterocycles. The Labute approximate surface area is 122 Å². The van der Waals surface area contributed by atoms with Crippen LogP contribution >= 0.6 is 0 Å². The zero-order chi connectivity index (χ0) is 16.9. The van der Waals surface area contributed by atoms with Crippen molar-refractivity contribution in [3.8, 4) is 5.75 Å². The second kappa shape index (κ2) is 6.92. The molecule has 1 aromatic carbocycles. The Morgan fingerprint density at radius 3 is 2.45 bits per heavy atom. The molecule has 1 rings (SSSR count). The normalized spacial score (nSPS) is 13.4. The summed E-state index contributed by atoms with van der Waals surface area (Å²) < 4.78 is 54.6. The number of aliphatic carboxylic acids is 1. The standard InChI is InChI=1S/C13H11F4NO4/c1-22-8-4-2-3-7(5-8)9(6-14)10(11(19)20)18-12(21)13(15,16)17/h2-6,10H,1H3,(H,18,21)(H,19,20)/b9-6+/t10-/m0/s1. The Morgan fingerprint density at radius 2 is 2.00 bits per heavy atom. The second-order valence-electron chi connectivity index (χ2n) is 4.04. The van der Waals surface area contributed by atoms with E-state index in [0.717, 1.165) is 0 Å². The summed E-state index contributed by atoms with van der Waals surface area (Å²) in [5.74, 6) is -4.09. The molecule has 0 fully saturated rings. The van der Waals surface area contributed by atoms with Crippen LogP contribution in [0.25, 0.3) is 5.57 Å². The Kier molecular flexibility index (Phi) is 5.50. The highest BCUT2D eigenvalue weighted by atomic mass is 19.4. The summed E-state index contributed by atoms with van der Waals surface area (Å²) >= 11 is 0. The second-order valence-corrected chi connectivity index (χ2v) is 4.04. The maximum absolute atomic E-state index is 13.0. The number of carbonyl (C=O) groups excluding carboxylic acids is 1. The van der Waals surface area contributed by atoms with Crippen molar-refractivity contribution in [1.29, 1.82) is 0 Å². The number of carboxylic acids is 1. The number of ether oxygens (including phenoxy) is 1. The third-order valence-electron chi connectivity index (χ3n) is 2.61. The topological polar surface area (TPSA) is 75.6 Å². The van der Waals surface area contributed by atoms with Crippen LogP contribution in [0.3, 0.4) is 0 Å². The molecule has 1 amide bonds. The van der Waals surface area contributed by atoms with Crippen molar-refractivity contribution in [1.82, 2.24) is 5.32 Å². The van der Waals surface area contributed by atoms with E-state index >= 15 is 0 Å². The Hall–Kier alpha value is -2.58. The zero-order valence-electron chi connectivity index (χ0n) is 11.1. The van der Waals surface area contributed by atoms with Gasteiger partial charge in [0.05, 0.1) is 13.4 Å². The number of methoxy groups -OCH3 is 1. The minimum absolute atomic E-state index is 0.0447. The molecular formula is C13H11F4NO4. The Bertz CT molecular complexity index is 598. The number of alkyl halides is 3. The van der Waals surface area contributed by atoms with Gasteiger partial charge in [0.1, 0.15) is 5.75 Å². The summed E-state index contributed by atoms with van der Waals surface area (Å²) in [6.45, 7) is 0. The molecule has 120 valence electrons. The third-order valence-corrected chi connectivity index (χ3v) is 2.61. The first-order chi connectivity index (χ1) is 10.2. The van der Waals surface area contributed by atoms with Crippen molar-refractivity contribution in [3.63, 3.8) is 0 Å². The molecule has 0 radical (unpaired) electrons. The van der Waals surface area contributed by atoms with Crippen LogP contribution in [-0.2, 0) is 9.59 Å². The predicted octanol–water partition coefficient (Wildman–Crippen LogP) is 2.14. The van der Waals surface area contributed by atoms with Crippen LogP contribution in [0.5, 0.6) is 5.75 Å². The molecule has 0 aliphatic carbocycles. The number of amides is 1. The highest BCUT2D eigenvalue weighted by Crippen LogP contribution is 2.24. The van der Waals surface area contributed by atoms with E-state index in [1.165, 1.54) is 36.7 Å². The molecule has 2 N–H and O–H groups in total. The number of carboxylic acid groups (broad SMARTS) is 1. The fourth-order valence-corrected chi connectivity index (χ4v) is 1.58. The van der Waals surface area contributed by atoms with Gasteiger partial charge in [0.25, 0.3) is 0 Å². The van der Waals surface area contributed by atoms with Gasteiger partial charge >= 0.3 is 18.1 Å². The third kappa shape index (κ3) is 4.21. The summed E-state index contributed by atoms with van der Waals surface area (Å²) in [6.07, 6.45) is -5.46. The van der Waals surface area contributed by atoms with E-state index in [2.05, 4.69) is 0 Å². The summed E-state index contributed by atoms with van der Waals surface area (Å²) in [5, 5.41) is 10.2. The van der Waals surface area contributed by atoms with Crippen LogP contribution in [0.4, 0.5) is 17.6 Å². The summed E-state index contributed by atoms with van der Waals surface area (Å²) in [6, 6.07) is 3.15. The van der Waals surface area contributed by atoms with Gasteiger partial charge in [-0.05, 0) is 17.7 Å². The van der Waals surface area contributed by atoms with Gasteiger partial charge in [-0.3, -0.25) is 4.79 Å². The minimum Gasteiger partial charge on any atom is -0.497 e. The largest absolute Gasteiger partial charge is 0.497 e. The highest BCUT2D eigenvalue weighted by molar-refractivity contribution is 5.96. The van der Waals surface area contributed by atoms with Gasteiger partial charge in [0.15, 0.2) is 6.04 Å². The molecule has 22 heavy (non-hydrogen) atoms. The van der Waals surface area contributed by atoms with Crippen LogP contribution in [0.2, 0.25) is 0 Å². The Morgan fingerprint density at radius 1 is 1.36 bits per heavy atom. The molecule has 5 nitrogen and oxygen atoms in total. The Balaban J connectivity index is 3.17. The number of carbonyl (C=O) groups is 2. The van der Waals surface area contributed by atoms with Crippen molar-refractivity contribution < 1.29 is 37.0 Å². The van der Waals surface area contributed by atoms with E-state index in [1.807, 2.05) is 0 Å². The average molecular weight is 321 g/mol. The molecule has 0 aliphatic rings. The van der Waals surface area contributed by atoms with Crippen LogP contribution < -0.4 is 10.1 Å². The number of hydrogen-bond acceptors (Lipinski definition) is 3. The van der Waals surface area contributed by atoms with Gasteiger partial charge in [-0.1, -0.05) is 12.1 Å². The number of benzene rings is 1. The molecule has 9 heteroatoms. The monoisotopic (exact) mass is 321 g/mol. The first-order valence-corrected chi connectivity index (χ1v) is 5.76. The molecule has 0 unspecified atom stereocenters. The molecule has 0 heterocycles. The molecular weight excluding hydrogens is 310 g/mol. The SMILES string of the molecule is COc1cccc(/C(=C\F)[C@H](NC(=O)C(F)(F)F)C(=O)O)c1. The maximum atomic E-state index is 13.0. The lowest BCUT2D eigenvalue weighted by atomic mass is 9.99. The molecule has 0 aromatic heterocycles. The van der Waals surface area contributed by atoms with Crippen LogP contribution in [-0.4, -0.2) is 36.3 Å². The molecule has 0 saturated carbocycles. The summed E-state index contributed by atoms with van der Waals surface area (Å²) in [7, 11) is 1.30. The molecule has 1 atom stereocenters. The van der Waals surface area contributed by atoms with Gasteiger partial charge in [-0.25, -0.2) is 9.18 Å². The molecule has 1 aromatic rings. The number of hydrogen-bond donors (Lipinski definition) is 2. The number of halogens is 4. The van der Waals surface area contributed by atoms with Gasteiger partial charge in [0.2, 0.25) is 0 Å². The van der Waals surface area contributed by atoms with Gasteiger partial charge < -0.3 is 15.2 Å².